The van der Waals surface area contributed by atoms with Gasteiger partial charge in [0.05, 0.1) is 11.1 Å². The van der Waals surface area contributed by atoms with Crippen molar-refractivity contribution in [2.75, 3.05) is 6.54 Å². The van der Waals surface area contributed by atoms with Crippen molar-refractivity contribution in [1.82, 2.24) is 5.32 Å². The summed E-state index contributed by atoms with van der Waals surface area (Å²) in [7, 11) is 0. The zero-order chi connectivity index (χ0) is 14.8. The van der Waals surface area contributed by atoms with Crippen molar-refractivity contribution in [3.63, 3.8) is 0 Å². The summed E-state index contributed by atoms with van der Waals surface area (Å²) >= 11 is 11.4. The Morgan fingerprint density at radius 3 is 2.86 bits per heavy atom. The van der Waals surface area contributed by atoms with Gasteiger partial charge in [0.15, 0.2) is 0 Å². The van der Waals surface area contributed by atoms with Gasteiger partial charge in [-0.3, -0.25) is 0 Å². The predicted octanol–water partition coefficient (Wildman–Crippen LogP) is 6.02. The maximum atomic E-state index is 6.12. The number of hydrogen-bond acceptors (Lipinski definition) is 2. The first kappa shape index (κ1) is 15.0. The number of thiophene rings is 1. The van der Waals surface area contributed by atoms with Crippen LogP contribution in [0.3, 0.4) is 0 Å². The number of hydrogen-bond donors (Lipinski definition) is 1. The van der Waals surface area contributed by atoms with E-state index in [1.165, 1.54) is 21.2 Å². The summed E-state index contributed by atoms with van der Waals surface area (Å²) in [5, 5.41) is 7.77. The first-order valence-corrected chi connectivity index (χ1v) is 8.90. The molecule has 1 heterocycles. The lowest BCUT2D eigenvalue weighted by Crippen LogP contribution is -2.22. The Morgan fingerprint density at radius 2 is 2.10 bits per heavy atom. The van der Waals surface area contributed by atoms with Crippen molar-refractivity contribution in [2.24, 2.45) is 0 Å². The molecule has 1 atom stereocenters. The van der Waals surface area contributed by atoms with Crippen LogP contribution < -0.4 is 5.32 Å². The Labute approximate surface area is 142 Å². The third kappa shape index (κ3) is 3.02. The highest BCUT2D eigenvalue weighted by Gasteiger charge is 2.17. The van der Waals surface area contributed by atoms with Crippen molar-refractivity contribution in [3.05, 3.63) is 68.5 Å². The van der Waals surface area contributed by atoms with Crippen LogP contribution in [0.5, 0.6) is 0 Å². The molecule has 0 saturated carbocycles. The lowest BCUT2D eigenvalue weighted by Gasteiger charge is -2.20. The van der Waals surface area contributed by atoms with Gasteiger partial charge >= 0.3 is 0 Å². The Morgan fingerprint density at radius 1 is 1.24 bits per heavy atom. The molecule has 0 fully saturated rings. The number of halogens is 2. The average molecular weight is 381 g/mol. The van der Waals surface area contributed by atoms with Crippen molar-refractivity contribution < 1.29 is 0 Å². The van der Waals surface area contributed by atoms with Crippen molar-refractivity contribution in [3.8, 4) is 0 Å². The van der Waals surface area contributed by atoms with Gasteiger partial charge in [-0.05, 0) is 62.6 Å². The largest absolute Gasteiger partial charge is 0.306 e. The van der Waals surface area contributed by atoms with E-state index in [0.29, 0.717) is 0 Å². The molecule has 0 aliphatic rings. The van der Waals surface area contributed by atoms with Crippen LogP contribution in [-0.2, 0) is 0 Å². The Balaban J connectivity index is 2.13. The van der Waals surface area contributed by atoms with Gasteiger partial charge in [0.2, 0.25) is 0 Å². The van der Waals surface area contributed by atoms with E-state index in [-0.39, 0.29) is 6.04 Å². The smallest absolute Gasteiger partial charge is 0.0591 e. The third-order valence-electron chi connectivity index (χ3n) is 3.51. The van der Waals surface area contributed by atoms with Gasteiger partial charge in [0.1, 0.15) is 0 Å². The molecule has 0 aliphatic heterocycles. The second kappa shape index (κ2) is 6.49. The molecule has 0 bridgehead atoms. The minimum atomic E-state index is 0.172. The minimum Gasteiger partial charge on any atom is -0.306 e. The molecule has 0 aliphatic carbocycles. The highest BCUT2D eigenvalue weighted by atomic mass is 79.9. The van der Waals surface area contributed by atoms with Crippen LogP contribution in [0.25, 0.3) is 10.1 Å². The second-order valence-corrected chi connectivity index (χ2v) is 7.03. The van der Waals surface area contributed by atoms with E-state index in [1.54, 1.807) is 11.3 Å². The van der Waals surface area contributed by atoms with E-state index in [2.05, 4.69) is 69.9 Å². The van der Waals surface area contributed by atoms with Gasteiger partial charge in [-0.1, -0.05) is 42.8 Å². The van der Waals surface area contributed by atoms with Gasteiger partial charge in [-0.15, -0.1) is 11.3 Å². The summed E-state index contributed by atoms with van der Waals surface area (Å²) in [5.41, 5.74) is 2.53. The van der Waals surface area contributed by atoms with Crippen LogP contribution in [0.15, 0.2) is 52.3 Å². The maximum absolute atomic E-state index is 6.12. The van der Waals surface area contributed by atoms with Gasteiger partial charge in [0, 0.05) is 9.17 Å². The summed E-state index contributed by atoms with van der Waals surface area (Å²) in [6.07, 6.45) is 0. The molecule has 0 saturated heterocycles. The molecular weight excluding hydrogens is 366 g/mol. The van der Waals surface area contributed by atoms with Crippen LogP contribution in [0.1, 0.15) is 24.1 Å². The molecule has 1 aromatic heterocycles. The fourth-order valence-electron chi connectivity index (χ4n) is 2.55. The van der Waals surface area contributed by atoms with E-state index in [9.17, 15) is 0 Å². The van der Waals surface area contributed by atoms with Crippen LogP contribution in [0.2, 0.25) is 5.02 Å². The van der Waals surface area contributed by atoms with E-state index in [4.69, 9.17) is 11.6 Å². The molecule has 108 valence electrons. The molecule has 1 nitrogen and oxygen atoms in total. The zero-order valence-corrected chi connectivity index (χ0v) is 14.7. The number of nitrogens with one attached hydrogen (secondary N) is 1. The molecular formula is C17H15BrClNS. The van der Waals surface area contributed by atoms with Crippen molar-refractivity contribution in [2.45, 2.75) is 13.0 Å². The quantitative estimate of drug-likeness (QED) is 0.584. The predicted molar refractivity (Wildman–Crippen MR) is 96.5 cm³/mol. The van der Waals surface area contributed by atoms with Crippen LogP contribution in [-0.4, -0.2) is 6.54 Å². The number of rotatable bonds is 4. The van der Waals surface area contributed by atoms with Gasteiger partial charge in [0.25, 0.3) is 0 Å². The van der Waals surface area contributed by atoms with E-state index < -0.39 is 0 Å². The lowest BCUT2D eigenvalue weighted by molar-refractivity contribution is 0.635. The summed E-state index contributed by atoms with van der Waals surface area (Å²) < 4.78 is 2.28. The van der Waals surface area contributed by atoms with Crippen molar-refractivity contribution >= 4 is 49.0 Å². The van der Waals surface area contributed by atoms with Gasteiger partial charge < -0.3 is 5.32 Å². The molecule has 1 unspecified atom stereocenters. The SMILES string of the molecule is CCNC(c1ccc(Cl)c(Br)c1)c1cccc2ccsc12. The molecule has 0 amide bonds. The van der Waals surface area contributed by atoms with Crippen LogP contribution in [0.4, 0.5) is 0 Å². The summed E-state index contributed by atoms with van der Waals surface area (Å²) in [6.45, 7) is 3.04. The molecule has 2 aromatic carbocycles. The summed E-state index contributed by atoms with van der Waals surface area (Å²) in [5.74, 6) is 0. The number of fused-ring (bicyclic) bond motifs is 1. The molecule has 21 heavy (non-hydrogen) atoms. The molecule has 1 N–H and O–H groups in total. The molecule has 0 radical (unpaired) electrons. The van der Waals surface area contributed by atoms with Gasteiger partial charge in [-0.25, -0.2) is 0 Å². The first-order valence-electron chi connectivity index (χ1n) is 6.85. The number of benzene rings is 2. The van der Waals surface area contributed by atoms with Gasteiger partial charge in [-0.2, -0.15) is 0 Å². The van der Waals surface area contributed by atoms with Crippen LogP contribution in [0, 0.1) is 0 Å². The summed E-state index contributed by atoms with van der Waals surface area (Å²) in [4.78, 5) is 0. The average Bonchev–Trinajstić information content (AvgIpc) is 2.96. The zero-order valence-electron chi connectivity index (χ0n) is 11.6. The monoisotopic (exact) mass is 379 g/mol. The minimum absolute atomic E-state index is 0.172. The first-order chi connectivity index (χ1) is 10.2. The molecule has 3 rings (SSSR count). The van der Waals surface area contributed by atoms with Crippen LogP contribution >= 0.6 is 38.9 Å². The third-order valence-corrected chi connectivity index (χ3v) is 5.70. The molecule has 4 heteroatoms. The molecule has 3 aromatic rings. The Kier molecular flexibility index (Phi) is 4.65. The fraction of sp³-hybridized carbons (Fsp3) is 0.176. The van der Waals surface area contributed by atoms with E-state index in [0.717, 1.165) is 16.0 Å². The highest BCUT2D eigenvalue weighted by molar-refractivity contribution is 9.10. The second-order valence-electron chi connectivity index (χ2n) is 4.85. The van der Waals surface area contributed by atoms with E-state index in [1.807, 2.05) is 6.07 Å². The highest BCUT2D eigenvalue weighted by Crippen LogP contribution is 2.34. The normalized spacial score (nSPS) is 12.7. The van der Waals surface area contributed by atoms with Crippen molar-refractivity contribution in [1.29, 1.82) is 0 Å². The Bertz CT molecular complexity index is 768. The molecule has 0 spiro atoms. The maximum Gasteiger partial charge on any atom is 0.0591 e. The Hall–Kier alpha value is -0.870. The summed E-state index contributed by atoms with van der Waals surface area (Å²) in [6, 6.07) is 15.0. The fourth-order valence-corrected chi connectivity index (χ4v) is 4.01. The lowest BCUT2D eigenvalue weighted by atomic mass is 9.97. The van der Waals surface area contributed by atoms with E-state index >= 15 is 0 Å². The standard InChI is InChI=1S/C17H15BrClNS/c1-2-20-16(12-6-7-15(19)14(18)10-12)13-5-3-4-11-8-9-21-17(11)13/h3-10,16,20H,2H2,1H3. The topological polar surface area (TPSA) is 12.0 Å².